The van der Waals surface area contributed by atoms with Gasteiger partial charge in [-0.05, 0) is 75.2 Å². The molecule has 2 aromatic rings. The standard InChI is InChI=1S/C27H32N2O2/c1-21-12-13-25(31-21)26(30)29-17-14-24(27(2,3)20-29)11-7-9-22-8-6-10-23(18-22)19-28-15-4-5-16-28/h6,8,10-13,18H,4-5,14-17,19-20H2,1-3H3/b24-11+. The van der Waals surface area contributed by atoms with Crippen molar-refractivity contribution >= 4 is 5.91 Å². The van der Waals surface area contributed by atoms with Crippen molar-refractivity contribution in [2.24, 2.45) is 5.41 Å². The second-order valence-electron chi connectivity index (χ2n) is 9.39. The predicted octanol–water partition coefficient (Wildman–Crippen LogP) is 5.03. The summed E-state index contributed by atoms with van der Waals surface area (Å²) in [4.78, 5) is 17.1. The molecule has 0 spiro atoms. The Morgan fingerprint density at radius 3 is 2.68 bits per heavy atom. The lowest BCUT2D eigenvalue weighted by Gasteiger charge is -2.39. The van der Waals surface area contributed by atoms with E-state index in [1.54, 1.807) is 6.07 Å². The maximum absolute atomic E-state index is 12.7. The molecular formula is C27H32N2O2. The van der Waals surface area contributed by atoms with Gasteiger partial charge in [0.25, 0.3) is 5.91 Å². The Bertz CT molecular complexity index is 1030. The third-order valence-electron chi connectivity index (χ3n) is 6.34. The van der Waals surface area contributed by atoms with E-state index < -0.39 is 0 Å². The molecule has 4 nitrogen and oxygen atoms in total. The Balaban J connectivity index is 1.41. The summed E-state index contributed by atoms with van der Waals surface area (Å²) in [6.45, 7) is 11.0. The molecule has 1 amide bonds. The number of amides is 1. The number of furan rings is 1. The smallest absolute Gasteiger partial charge is 0.289 e. The summed E-state index contributed by atoms with van der Waals surface area (Å²) in [6, 6.07) is 12.2. The topological polar surface area (TPSA) is 36.7 Å². The number of likely N-dealkylation sites (tertiary alicyclic amines) is 2. The molecular weight excluding hydrogens is 384 g/mol. The monoisotopic (exact) mass is 416 g/mol. The normalized spacial score (nSPS) is 20.0. The molecule has 0 aliphatic carbocycles. The zero-order valence-corrected chi connectivity index (χ0v) is 18.9. The Morgan fingerprint density at radius 1 is 1.16 bits per heavy atom. The lowest BCUT2D eigenvalue weighted by molar-refractivity contribution is 0.0630. The van der Waals surface area contributed by atoms with Gasteiger partial charge in [0.1, 0.15) is 5.76 Å². The summed E-state index contributed by atoms with van der Waals surface area (Å²) in [6.07, 6.45) is 5.52. The molecule has 0 bridgehead atoms. The quantitative estimate of drug-likeness (QED) is 0.658. The molecule has 3 heterocycles. The number of hydrogen-bond acceptors (Lipinski definition) is 3. The van der Waals surface area contributed by atoms with Gasteiger partial charge in [-0.2, -0.15) is 0 Å². The minimum Gasteiger partial charge on any atom is -0.456 e. The molecule has 162 valence electrons. The molecule has 2 aliphatic rings. The average molecular weight is 417 g/mol. The minimum atomic E-state index is -0.109. The van der Waals surface area contributed by atoms with Crippen LogP contribution in [0.2, 0.25) is 0 Å². The maximum atomic E-state index is 12.7. The van der Waals surface area contributed by atoms with Crippen molar-refractivity contribution < 1.29 is 9.21 Å². The Hall–Kier alpha value is -2.77. The molecule has 0 atom stereocenters. The van der Waals surface area contributed by atoms with Crippen molar-refractivity contribution in [3.63, 3.8) is 0 Å². The number of benzene rings is 1. The average Bonchev–Trinajstić information content (AvgIpc) is 3.40. The summed E-state index contributed by atoms with van der Waals surface area (Å²) in [7, 11) is 0. The molecule has 4 rings (SSSR count). The van der Waals surface area contributed by atoms with E-state index in [0.717, 1.165) is 24.3 Å². The van der Waals surface area contributed by atoms with Crippen LogP contribution in [0.4, 0.5) is 0 Å². The van der Waals surface area contributed by atoms with E-state index in [0.29, 0.717) is 18.8 Å². The van der Waals surface area contributed by atoms with E-state index in [1.165, 1.54) is 37.1 Å². The molecule has 2 fully saturated rings. The first kappa shape index (κ1) is 21.5. The van der Waals surface area contributed by atoms with Crippen molar-refractivity contribution in [3.8, 4) is 11.8 Å². The van der Waals surface area contributed by atoms with Crippen LogP contribution in [0.3, 0.4) is 0 Å². The number of nitrogens with zero attached hydrogens (tertiary/aromatic N) is 2. The highest BCUT2D eigenvalue weighted by Crippen LogP contribution is 2.34. The number of carbonyl (C=O) groups is 1. The lowest BCUT2D eigenvalue weighted by Crippen LogP contribution is -2.44. The van der Waals surface area contributed by atoms with Gasteiger partial charge in [-0.25, -0.2) is 0 Å². The van der Waals surface area contributed by atoms with Crippen molar-refractivity contribution in [1.29, 1.82) is 0 Å². The number of rotatable bonds is 3. The largest absolute Gasteiger partial charge is 0.456 e. The van der Waals surface area contributed by atoms with Gasteiger partial charge in [0.05, 0.1) is 0 Å². The van der Waals surface area contributed by atoms with Crippen LogP contribution in [0, 0.1) is 24.2 Å². The van der Waals surface area contributed by atoms with Gasteiger partial charge in [0.2, 0.25) is 0 Å². The zero-order valence-electron chi connectivity index (χ0n) is 18.9. The zero-order chi connectivity index (χ0) is 21.8. The van der Waals surface area contributed by atoms with Crippen molar-refractivity contribution in [2.75, 3.05) is 26.2 Å². The summed E-state index contributed by atoms with van der Waals surface area (Å²) < 4.78 is 5.53. The third kappa shape index (κ3) is 5.29. The molecule has 2 aliphatic heterocycles. The maximum Gasteiger partial charge on any atom is 0.289 e. The third-order valence-corrected chi connectivity index (χ3v) is 6.34. The van der Waals surface area contributed by atoms with Gasteiger partial charge in [-0.3, -0.25) is 9.69 Å². The molecule has 1 aromatic heterocycles. The van der Waals surface area contributed by atoms with Gasteiger partial charge in [-0.15, -0.1) is 0 Å². The van der Waals surface area contributed by atoms with Crippen molar-refractivity contribution in [3.05, 3.63) is 70.7 Å². The van der Waals surface area contributed by atoms with E-state index in [9.17, 15) is 4.79 Å². The first-order valence-electron chi connectivity index (χ1n) is 11.3. The first-order chi connectivity index (χ1) is 14.9. The molecule has 0 radical (unpaired) electrons. The van der Waals surface area contributed by atoms with E-state index >= 15 is 0 Å². The van der Waals surface area contributed by atoms with E-state index in [1.807, 2.05) is 17.9 Å². The van der Waals surface area contributed by atoms with Gasteiger partial charge in [0.15, 0.2) is 5.76 Å². The van der Waals surface area contributed by atoms with Crippen LogP contribution in [0.5, 0.6) is 0 Å². The SMILES string of the molecule is Cc1ccc(C(=O)N2CC/C(=C\C#Cc3cccc(CN4CCCC4)c3)C(C)(C)C2)o1. The van der Waals surface area contributed by atoms with Crippen LogP contribution >= 0.6 is 0 Å². The van der Waals surface area contributed by atoms with Crippen LogP contribution in [0.1, 0.15) is 60.6 Å². The predicted molar refractivity (Wildman–Crippen MR) is 124 cm³/mol. The molecule has 4 heteroatoms. The van der Waals surface area contributed by atoms with Crippen molar-refractivity contribution in [2.45, 2.75) is 46.6 Å². The van der Waals surface area contributed by atoms with E-state index in [2.05, 4.69) is 60.9 Å². The second-order valence-corrected chi connectivity index (χ2v) is 9.39. The lowest BCUT2D eigenvalue weighted by atomic mass is 9.78. The Labute approximate surface area is 185 Å². The Morgan fingerprint density at radius 2 is 1.97 bits per heavy atom. The highest BCUT2D eigenvalue weighted by Gasteiger charge is 2.34. The minimum absolute atomic E-state index is 0.0267. The fourth-order valence-electron chi connectivity index (χ4n) is 4.55. The van der Waals surface area contributed by atoms with Gasteiger partial charge in [0, 0.05) is 30.6 Å². The van der Waals surface area contributed by atoms with E-state index in [-0.39, 0.29) is 11.3 Å². The molecule has 2 saturated heterocycles. The summed E-state index contributed by atoms with van der Waals surface area (Å²) in [5.41, 5.74) is 3.59. The summed E-state index contributed by atoms with van der Waals surface area (Å²) in [5.74, 6) is 7.76. The highest BCUT2D eigenvalue weighted by molar-refractivity contribution is 5.91. The van der Waals surface area contributed by atoms with Gasteiger partial charge >= 0.3 is 0 Å². The molecule has 0 saturated carbocycles. The van der Waals surface area contributed by atoms with Crippen LogP contribution < -0.4 is 0 Å². The van der Waals surface area contributed by atoms with Crippen molar-refractivity contribution in [1.82, 2.24) is 9.80 Å². The molecule has 0 unspecified atom stereocenters. The number of piperidine rings is 1. The molecule has 0 N–H and O–H groups in total. The fourth-order valence-corrected chi connectivity index (χ4v) is 4.55. The Kier molecular flexibility index (Phi) is 6.34. The fraction of sp³-hybridized carbons (Fsp3) is 0.444. The van der Waals surface area contributed by atoms with Crippen LogP contribution in [-0.2, 0) is 6.54 Å². The first-order valence-corrected chi connectivity index (χ1v) is 11.3. The van der Waals surface area contributed by atoms with E-state index in [4.69, 9.17) is 4.42 Å². The van der Waals surface area contributed by atoms with Gasteiger partial charge in [-0.1, -0.05) is 43.4 Å². The van der Waals surface area contributed by atoms with Crippen LogP contribution in [-0.4, -0.2) is 41.9 Å². The second kappa shape index (κ2) is 9.16. The summed E-state index contributed by atoms with van der Waals surface area (Å²) >= 11 is 0. The summed E-state index contributed by atoms with van der Waals surface area (Å²) in [5, 5.41) is 0. The van der Waals surface area contributed by atoms with Gasteiger partial charge < -0.3 is 9.32 Å². The molecule has 1 aromatic carbocycles. The van der Waals surface area contributed by atoms with Crippen LogP contribution in [0.25, 0.3) is 0 Å². The number of aryl methyl sites for hydroxylation is 1. The number of carbonyl (C=O) groups excluding carboxylic acids is 1. The molecule has 31 heavy (non-hydrogen) atoms. The highest BCUT2D eigenvalue weighted by atomic mass is 16.3. The number of hydrogen-bond donors (Lipinski definition) is 0. The van der Waals surface area contributed by atoms with Crippen LogP contribution in [0.15, 0.2) is 52.5 Å². The number of allylic oxidation sites excluding steroid dienone is 1.